The predicted octanol–water partition coefficient (Wildman–Crippen LogP) is 4.01. The van der Waals surface area contributed by atoms with E-state index in [4.69, 9.17) is 9.47 Å². The number of benzene rings is 2. The summed E-state index contributed by atoms with van der Waals surface area (Å²) in [6.45, 7) is 4.36. The highest BCUT2D eigenvalue weighted by Gasteiger charge is 2.22. The maximum Gasteiger partial charge on any atom is 0.127 e. The molecule has 140 valence electrons. The van der Waals surface area contributed by atoms with Gasteiger partial charge in [0.05, 0.1) is 19.0 Å². The van der Waals surface area contributed by atoms with Crippen molar-refractivity contribution in [2.45, 2.75) is 26.1 Å². The first-order chi connectivity index (χ1) is 13.1. The zero-order valence-corrected chi connectivity index (χ0v) is 15.4. The number of fused-ring (bicyclic) bond motifs is 1. The van der Waals surface area contributed by atoms with E-state index >= 15 is 0 Å². The van der Waals surface area contributed by atoms with Crippen LogP contribution in [0.2, 0.25) is 0 Å². The van der Waals surface area contributed by atoms with Gasteiger partial charge in [0.1, 0.15) is 23.4 Å². The van der Waals surface area contributed by atoms with Crippen LogP contribution in [0.25, 0.3) is 11.3 Å². The Labute approximate surface area is 157 Å². The number of halogens is 1. The quantitative estimate of drug-likeness (QED) is 0.757. The molecule has 2 aromatic carbocycles. The summed E-state index contributed by atoms with van der Waals surface area (Å²) in [4.78, 5) is 2.33. The van der Waals surface area contributed by atoms with Crippen LogP contribution in [0.15, 0.2) is 48.7 Å². The van der Waals surface area contributed by atoms with Crippen LogP contribution in [0, 0.1) is 5.82 Å². The standard InChI is InChI=1S/C21H22FN3O2/c1-14-11-25(12-16-5-8-19(26-2)9-20(16)27-14)13-17-10-23-24-21(17)15-3-6-18(22)7-4-15/h3-10,14H,11-13H2,1-2H3,(H,23,24)/t14-/m0/s1. The minimum atomic E-state index is -0.245. The van der Waals surface area contributed by atoms with E-state index in [2.05, 4.69) is 28.1 Å². The van der Waals surface area contributed by atoms with Gasteiger partial charge in [-0.2, -0.15) is 5.10 Å². The van der Waals surface area contributed by atoms with Gasteiger partial charge in [0.15, 0.2) is 0 Å². The van der Waals surface area contributed by atoms with Crippen LogP contribution < -0.4 is 9.47 Å². The number of aromatic nitrogens is 2. The molecule has 0 aliphatic carbocycles. The lowest BCUT2D eigenvalue weighted by Crippen LogP contribution is -2.30. The summed E-state index contributed by atoms with van der Waals surface area (Å²) in [5, 5.41) is 7.25. The van der Waals surface area contributed by atoms with Gasteiger partial charge in [-0.25, -0.2) is 4.39 Å². The van der Waals surface area contributed by atoms with Crippen LogP contribution >= 0.6 is 0 Å². The van der Waals surface area contributed by atoms with Crippen LogP contribution in [0.3, 0.4) is 0 Å². The fourth-order valence-corrected chi connectivity index (χ4v) is 3.48. The number of H-pyrrole nitrogens is 1. The topological polar surface area (TPSA) is 50.4 Å². The third-order valence-electron chi connectivity index (χ3n) is 4.76. The van der Waals surface area contributed by atoms with Crippen molar-refractivity contribution in [2.24, 2.45) is 0 Å². The van der Waals surface area contributed by atoms with Crippen molar-refractivity contribution in [3.05, 3.63) is 65.6 Å². The van der Waals surface area contributed by atoms with Gasteiger partial charge in [-0.1, -0.05) is 6.07 Å². The molecule has 0 bridgehead atoms. The van der Waals surface area contributed by atoms with Crippen molar-refractivity contribution in [3.8, 4) is 22.8 Å². The third kappa shape index (κ3) is 3.80. The van der Waals surface area contributed by atoms with Gasteiger partial charge in [0.2, 0.25) is 0 Å². The summed E-state index contributed by atoms with van der Waals surface area (Å²) in [6.07, 6.45) is 1.89. The van der Waals surface area contributed by atoms with Crippen LogP contribution in [0.5, 0.6) is 11.5 Å². The fourth-order valence-electron chi connectivity index (χ4n) is 3.48. The molecular formula is C21H22FN3O2. The van der Waals surface area contributed by atoms with Gasteiger partial charge >= 0.3 is 0 Å². The monoisotopic (exact) mass is 367 g/mol. The Hall–Kier alpha value is -2.86. The highest BCUT2D eigenvalue weighted by atomic mass is 19.1. The molecule has 0 saturated carbocycles. The van der Waals surface area contributed by atoms with Crippen LogP contribution in [-0.2, 0) is 13.1 Å². The van der Waals surface area contributed by atoms with E-state index in [1.807, 2.05) is 18.3 Å². The van der Waals surface area contributed by atoms with Crippen LogP contribution in [0.4, 0.5) is 4.39 Å². The van der Waals surface area contributed by atoms with E-state index in [-0.39, 0.29) is 11.9 Å². The predicted molar refractivity (Wildman–Crippen MR) is 101 cm³/mol. The molecule has 0 unspecified atom stereocenters. The average molecular weight is 367 g/mol. The lowest BCUT2D eigenvalue weighted by molar-refractivity contribution is 0.156. The molecule has 4 rings (SSSR count). The molecule has 1 aliphatic heterocycles. The van der Waals surface area contributed by atoms with E-state index in [1.165, 1.54) is 12.1 Å². The Morgan fingerprint density at radius 2 is 2.07 bits per heavy atom. The molecule has 1 aromatic heterocycles. The van der Waals surface area contributed by atoms with Gasteiger partial charge in [-0.05, 0) is 37.3 Å². The Balaban J connectivity index is 1.58. The van der Waals surface area contributed by atoms with Gasteiger partial charge in [0, 0.05) is 42.4 Å². The number of nitrogens with one attached hydrogen (secondary N) is 1. The Morgan fingerprint density at radius 1 is 1.26 bits per heavy atom. The molecular weight excluding hydrogens is 345 g/mol. The molecule has 27 heavy (non-hydrogen) atoms. The van der Waals surface area contributed by atoms with Crippen molar-refractivity contribution in [3.63, 3.8) is 0 Å². The minimum absolute atomic E-state index is 0.0551. The van der Waals surface area contributed by atoms with Crippen LogP contribution in [0.1, 0.15) is 18.1 Å². The van der Waals surface area contributed by atoms with E-state index < -0.39 is 0 Å². The maximum absolute atomic E-state index is 13.2. The summed E-state index contributed by atoms with van der Waals surface area (Å²) in [6, 6.07) is 12.4. The molecule has 3 aromatic rings. The summed E-state index contributed by atoms with van der Waals surface area (Å²) in [7, 11) is 1.66. The average Bonchev–Trinajstić information content (AvgIpc) is 3.04. The fraction of sp³-hybridized carbons (Fsp3) is 0.286. The van der Waals surface area contributed by atoms with Gasteiger partial charge in [-0.3, -0.25) is 10.00 Å². The highest BCUT2D eigenvalue weighted by Crippen LogP contribution is 2.31. The molecule has 0 amide bonds. The lowest BCUT2D eigenvalue weighted by Gasteiger charge is -2.21. The molecule has 1 aliphatic rings. The molecule has 6 heteroatoms. The summed E-state index contributed by atoms with van der Waals surface area (Å²) >= 11 is 0. The minimum Gasteiger partial charge on any atom is -0.497 e. The number of hydrogen-bond donors (Lipinski definition) is 1. The maximum atomic E-state index is 13.2. The first-order valence-electron chi connectivity index (χ1n) is 8.96. The van der Waals surface area contributed by atoms with E-state index in [1.54, 1.807) is 19.2 Å². The molecule has 1 N–H and O–H groups in total. The second-order valence-electron chi connectivity index (χ2n) is 6.85. The molecule has 0 spiro atoms. The second-order valence-corrected chi connectivity index (χ2v) is 6.85. The summed E-state index contributed by atoms with van der Waals surface area (Å²) in [5.41, 5.74) is 4.05. The molecule has 0 fully saturated rings. The first kappa shape index (κ1) is 17.5. The molecule has 0 saturated heterocycles. The van der Waals surface area contributed by atoms with E-state index in [0.717, 1.165) is 53.5 Å². The number of ether oxygens (including phenoxy) is 2. The lowest BCUT2D eigenvalue weighted by atomic mass is 10.1. The Morgan fingerprint density at radius 3 is 2.85 bits per heavy atom. The van der Waals surface area contributed by atoms with Gasteiger partial charge in [0.25, 0.3) is 0 Å². The van der Waals surface area contributed by atoms with Crippen LogP contribution in [-0.4, -0.2) is 34.9 Å². The Kier molecular flexibility index (Phi) is 4.81. The second kappa shape index (κ2) is 7.40. The van der Waals surface area contributed by atoms with Crippen molar-refractivity contribution < 1.29 is 13.9 Å². The van der Waals surface area contributed by atoms with Gasteiger partial charge < -0.3 is 9.47 Å². The molecule has 2 heterocycles. The van der Waals surface area contributed by atoms with E-state index in [9.17, 15) is 4.39 Å². The zero-order valence-electron chi connectivity index (χ0n) is 15.4. The highest BCUT2D eigenvalue weighted by molar-refractivity contribution is 5.62. The van der Waals surface area contributed by atoms with Gasteiger partial charge in [-0.15, -0.1) is 0 Å². The number of rotatable bonds is 4. The smallest absolute Gasteiger partial charge is 0.127 e. The van der Waals surface area contributed by atoms with Crippen molar-refractivity contribution in [2.75, 3.05) is 13.7 Å². The molecule has 1 atom stereocenters. The normalized spacial score (nSPS) is 17.1. The third-order valence-corrected chi connectivity index (χ3v) is 4.76. The first-order valence-corrected chi connectivity index (χ1v) is 8.96. The van der Waals surface area contributed by atoms with E-state index in [0.29, 0.717) is 0 Å². The number of hydrogen-bond acceptors (Lipinski definition) is 4. The molecule has 5 nitrogen and oxygen atoms in total. The number of aromatic amines is 1. The number of methoxy groups -OCH3 is 1. The largest absolute Gasteiger partial charge is 0.497 e. The summed E-state index contributed by atoms with van der Waals surface area (Å²) in [5.74, 6) is 1.42. The zero-order chi connectivity index (χ0) is 18.8. The molecule has 0 radical (unpaired) electrons. The number of nitrogens with zero attached hydrogens (tertiary/aromatic N) is 2. The summed E-state index contributed by atoms with van der Waals surface area (Å²) < 4.78 is 24.6. The van der Waals surface area contributed by atoms with Crippen molar-refractivity contribution in [1.29, 1.82) is 0 Å². The Bertz CT molecular complexity index is 923. The van der Waals surface area contributed by atoms with Crippen molar-refractivity contribution >= 4 is 0 Å². The van der Waals surface area contributed by atoms with Crippen molar-refractivity contribution in [1.82, 2.24) is 15.1 Å². The SMILES string of the molecule is COc1ccc2c(c1)O[C@@H](C)CN(Cc1cn[nH]c1-c1ccc(F)cc1)C2.